The summed E-state index contributed by atoms with van der Waals surface area (Å²) < 4.78 is 38.0. The second-order valence-electron chi connectivity index (χ2n) is 7.36. The molecule has 2 aromatic carbocycles. The number of rotatable bonds is 6. The van der Waals surface area contributed by atoms with Gasteiger partial charge < -0.3 is 19.7 Å². The number of hydrogen-bond donors (Lipinski definition) is 1. The number of hydrogen-bond acceptors (Lipinski definition) is 6. The molecule has 2 aliphatic rings. The van der Waals surface area contributed by atoms with Gasteiger partial charge in [-0.2, -0.15) is 4.31 Å². The highest BCUT2D eigenvalue weighted by atomic mass is 35.5. The summed E-state index contributed by atoms with van der Waals surface area (Å²) in [6, 6.07) is 11.5. The highest BCUT2D eigenvalue weighted by Gasteiger charge is 2.28. The van der Waals surface area contributed by atoms with E-state index in [1.54, 1.807) is 30.3 Å². The van der Waals surface area contributed by atoms with Gasteiger partial charge in [0.05, 0.1) is 4.90 Å². The van der Waals surface area contributed by atoms with Crippen molar-refractivity contribution in [2.24, 2.45) is 0 Å². The van der Waals surface area contributed by atoms with Gasteiger partial charge in [0.1, 0.15) is 13.2 Å². The second kappa shape index (κ2) is 9.44. The molecule has 1 amide bonds. The lowest BCUT2D eigenvalue weighted by atomic mass is 10.2. The highest BCUT2D eigenvalue weighted by molar-refractivity contribution is 7.89. The number of nitrogens with zero attached hydrogens (tertiary/aromatic N) is 2. The quantitative estimate of drug-likeness (QED) is 0.705. The molecular formula is C21H24ClN3O5S. The Morgan fingerprint density at radius 3 is 2.35 bits per heavy atom. The Balaban J connectivity index is 1.24. The zero-order valence-corrected chi connectivity index (χ0v) is 18.5. The van der Waals surface area contributed by atoms with E-state index in [-0.39, 0.29) is 10.8 Å². The van der Waals surface area contributed by atoms with Crippen LogP contribution >= 0.6 is 11.6 Å². The van der Waals surface area contributed by atoms with Crippen LogP contribution in [-0.2, 0) is 14.8 Å². The van der Waals surface area contributed by atoms with E-state index in [4.69, 9.17) is 21.1 Å². The van der Waals surface area contributed by atoms with E-state index in [0.29, 0.717) is 74.6 Å². The van der Waals surface area contributed by atoms with Crippen molar-refractivity contribution in [1.29, 1.82) is 0 Å². The zero-order chi connectivity index (χ0) is 21.8. The molecule has 1 N–H and O–H groups in total. The minimum atomic E-state index is -3.54. The molecule has 166 valence electrons. The number of halogens is 1. The fourth-order valence-electron chi connectivity index (χ4n) is 3.55. The second-order valence-corrected chi connectivity index (χ2v) is 9.73. The van der Waals surface area contributed by atoms with Gasteiger partial charge in [0.2, 0.25) is 15.9 Å². The highest BCUT2D eigenvalue weighted by Crippen LogP contribution is 2.32. The van der Waals surface area contributed by atoms with Crippen molar-refractivity contribution in [3.8, 4) is 11.5 Å². The van der Waals surface area contributed by atoms with Crippen molar-refractivity contribution < 1.29 is 22.7 Å². The molecule has 31 heavy (non-hydrogen) atoms. The van der Waals surface area contributed by atoms with Crippen LogP contribution < -0.4 is 14.8 Å². The molecule has 2 aliphatic heterocycles. The number of amides is 1. The molecule has 0 unspecified atom stereocenters. The van der Waals surface area contributed by atoms with Gasteiger partial charge in [-0.05, 0) is 36.4 Å². The van der Waals surface area contributed by atoms with Gasteiger partial charge in [0.25, 0.3) is 0 Å². The van der Waals surface area contributed by atoms with E-state index in [9.17, 15) is 13.2 Å². The Kier molecular flexibility index (Phi) is 6.66. The molecule has 2 heterocycles. The minimum absolute atomic E-state index is 0.104. The smallest absolute Gasteiger partial charge is 0.243 e. The maximum atomic E-state index is 12.8. The van der Waals surface area contributed by atoms with E-state index < -0.39 is 10.0 Å². The van der Waals surface area contributed by atoms with E-state index in [2.05, 4.69) is 10.2 Å². The minimum Gasteiger partial charge on any atom is -0.486 e. The van der Waals surface area contributed by atoms with Gasteiger partial charge in [0.15, 0.2) is 11.5 Å². The fraction of sp³-hybridized carbons (Fsp3) is 0.381. The summed E-state index contributed by atoms with van der Waals surface area (Å²) in [5, 5.41) is 3.37. The summed E-state index contributed by atoms with van der Waals surface area (Å²) in [5.74, 6) is 1.20. The first-order chi connectivity index (χ1) is 14.9. The Morgan fingerprint density at radius 1 is 0.968 bits per heavy atom. The average Bonchev–Trinajstić information content (AvgIpc) is 2.78. The number of piperazine rings is 1. The molecule has 0 spiro atoms. The molecule has 10 heteroatoms. The van der Waals surface area contributed by atoms with Crippen LogP contribution in [0.1, 0.15) is 6.42 Å². The summed E-state index contributed by atoms with van der Waals surface area (Å²) >= 11 is 5.85. The van der Waals surface area contributed by atoms with Gasteiger partial charge in [-0.1, -0.05) is 11.6 Å². The fourth-order valence-corrected chi connectivity index (χ4v) is 5.10. The van der Waals surface area contributed by atoms with Gasteiger partial charge >= 0.3 is 0 Å². The first kappa shape index (κ1) is 21.9. The lowest BCUT2D eigenvalue weighted by Gasteiger charge is -2.33. The third-order valence-corrected chi connectivity index (χ3v) is 7.43. The van der Waals surface area contributed by atoms with Crippen LogP contribution in [0.25, 0.3) is 0 Å². The van der Waals surface area contributed by atoms with Crippen molar-refractivity contribution in [3.05, 3.63) is 47.5 Å². The summed E-state index contributed by atoms with van der Waals surface area (Å²) in [4.78, 5) is 14.7. The molecule has 4 rings (SSSR count). The Bertz CT molecular complexity index is 1040. The number of sulfonamides is 1. The molecular weight excluding hydrogens is 442 g/mol. The Morgan fingerprint density at radius 2 is 1.65 bits per heavy atom. The van der Waals surface area contributed by atoms with Crippen molar-refractivity contribution in [2.45, 2.75) is 11.3 Å². The number of carbonyl (C=O) groups excluding carboxylic acids is 1. The number of carbonyl (C=O) groups is 1. The summed E-state index contributed by atoms with van der Waals surface area (Å²) in [5.41, 5.74) is 0.660. The first-order valence-electron chi connectivity index (χ1n) is 10.1. The third-order valence-electron chi connectivity index (χ3n) is 5.26. The van der Waals surface area contributed by atoms with Crippen LogP contribution in [0.3, 0.4) is 0 Å². The molecule has 2 aromatic rings. The van der Waals surface area contributed by atoms with Crippen LogP contribution in [0.15, 0.2) is 47.4 Å². The van der Waals surface area contributed by atoms with E-state index in [1.165, 1.54) is 16.4 Å². The van der Waals surface area contributed by atoms with E-state index in [0.717, 1.165) is 0 Å². The number of benzene rings is 2. The van der Waals surface area contributed by atoms with Crippen molar-refractivity contribution >= 4 is 33.2 Å². The summed E-state index contributed by atoms with van der Waals surface area (Å²) in [6.45, 7) is 3.49. The van der Waals surface area contributed by atoms with Gasteiger partial charge in [-0.3, -0.25) is 4.79 Å². The topological polar surface area (TPSA) is 88.2 Å². The molecule has 1 saturated heterocycles. The molecule has 0 aromatic heterocycles. The summed E-state index contributed by atoms with van der Waals surface area (Å²) in [6.07, 6.45) is 0.318. The molecule has 0 bridgehead atoms. The number of nitrogens with one attached hydrogen (secondary N) is 1. The number of ether oxygens (including phenoxy) is 2. The number of anilines is 1. The van der Waals surface area contributed by atoms with Gasteiger partial charge in [0, 0.05) is 55.9 Å². The Labute approximate surface area is 186 Å². The van der Waals surface area contributed by atoms with Crippen molar-refractivity contribution in [1.82, 2.24) is 9.21 Å². The van der Waals surface area contributed by atoms with Crippen molar-refractivity contribution in [3.63, 3.8) is 0 Å². The van der Waals surface area contributed by atoms with Crippen LogP contribution in [0.4, 0.5) is 5.69 Å². The van der Waals surface area contributed by atoms with Crippen LogP contribution in [0, 0.1) is 0 Å². The molecule has 0 atom stereocenters. The van der Waals surface area contributed by atoms with Gasteiger partial charge in [-0.25, -0.2) is 8.42 Å². The third kappa shape index (κ3) is 5.30. The predicted molar refractivity (Wildman–Crippen MR) is 117 cm³/mol. The average molecular weight is 466 g/mol. The number of fused-ring (bicyclic) bond motifs is 1. The maximum absolute atomic E-state index is 12.8. The predicted octanol–water partition coefficient (Wildman–Crippen LogP) is 2.45. The summed E-state index contributed by atoms with van der Waals surface area (Å²) in [7, 11) is -3.54. The lowest BCUT2D eigenvalue weighted by molar-refractivity contribution is -0.116. The van der Waals surface area contributed by atoms with E-state index >= 15 is 0 Å². The molecule has 0 aliphatic carbocycles. The van der Waals surface area contributed by atoms with Crippen LogP contribution in [0.5, 0.6) is 11.5 Å². The molecule has 1 fully saturated rings. The lowest BCUT2D eigenvalue weighted by Crippen LogP contribution is -2.49. The van der Waals surface area contributed by atoms with Crippen LogP contribution in [-0.4, -0.2) is 69.5 Å². The van der Waals surface area contributed by atoms with Crippen molar-refractivity contribution in [2.75, 3.05) is 51.3 Å². The van der Waals surface area contributed by atoms with Gasteiger partial charge in [-0.15, -0.1) is 0 Å². The molecule has 0 saturated carbocycles. The normalized spacial score (nSPS) is 17.3. The van der Waals surface area contributed by atoms with Crippen LogP contribution in [0.2, 0.25) is 5.02 Å². The largest absolute Gasteiger partial charge is 0.486 e. The SMILES string of the molecule is O=C(CCN1CCN(S(=O)(=O)c2ccc(Cl)cc2)CC1)Nc1ccc2c(c1)OCCO2. The Hall–Kier alpha value is -2.33. The maximum Gasteiger partial charge on any atom is 0.243 e. The monoisotopic (exact) mass is 465 g/mol. The standard InChI is InChI=1S/C21H24ClN3O5S/c22-16-1-4-18(5-2-16)31(27,28)25-11-9-24(10-12-25)8-7-21(26)23-17-3-6-19-20(15-17)30-14-13-29-19/h1-6,15H,7-14H2,(H,23,26). The van der Waals surface area contributed by atoms with E-state index in [1.807, 2.05) is 0 Å². The zero-order valence-electron chi connectivity index (χ0n) is 16.9. The molecule has 8 nitrogen and oxygen atoms in total. The first-order valence-corrected chi connectivity index (χ1v) is 11.9. The molecule has 0 radical (unpaired) electrons.